The summed E-state index contributed by atoms with van der Waals surface area (Å²) in [7, 11) is 0. The van der Waals surface area contributed by atoms with Crippen molar-refractivity contribution >= 4 is 16.9 Å². The highest BCUT2D eigenvalue weighted by atomic mass is 32.2. The van der Waals surface area contributed by atoms with E-state index in [0.717, 1.165) is 25.1 Å². The van der Waals surface area contributed by atoms with Crippen molar-refractivity contribution in [1.82, 2.24) is 5.32 Å². The van der Waals surface area contributed by atoms with E-state index in [-0.39, 0.29) is 5.12 Å². The molecule has 0 fully saturated rings. The van der Waals surface area contributed by atoms with Crippen LogP contribution in [0.5, 0.6) is 0 Å². The molecule has 1 heterocycles. The number of carbonyl (C=O) groups is 1. The van der Waals surface area contributed by atoms with Crippen molar-refractivity contribution in [2.24, 2.45) is 0 Å². The standard InChI is InChI=1S/C7H11NOS/c1-10-7(9)6-3-2-4-8-5-6/h3,8H,2,4-5H2,1H3. The largest absolute Gasteiger partial charge is 0.312 e. The summed E-state index contributed by atoms with van der Waals surface area (Å²) < 4.78 is 0. The minimum Gasteiger partial charge on any atom is -0.312 e. The molecule has 0 spiro atoms. The smallest absolute Gasteiger partial charge is 0.216 e. The second kappa shape index (κ2) is 3.78. The van der Waals surface area contributed by atoms with E-state index in [9.17, 15) is 4.79 Å². The molecule has 0 aromatic rings. The second-order valence-electron chi connectivity index (χ2n) is 2.19. The Balaban J connectivity index is 2.53. The quantitative estimate of drug-likeness (QED) is 0.610. The van der Waals surface area contributed by atoms with Gasteiger partial charge < -0.3 is 5.32 Å². The highest BCUT2D eigenvalue weighted by Crippen LogP contribution is 2.09. The topological polar surface area (TPSA) is 29.1 Å². The van der Waals surface area contributed by atoms with Gasteiger partial charge in [-0.25, -0.2) is 0 Å². The molecule has 0 bridgehead atoms. The molecule has 1 N–H and O–H groups in total. The summed E-state index contributed by atoms with van der Waals surface area (Å²) in [5, 5.41) is 3.35. The molecule has 0 saturated heterocycles. The van der Waals surface area contributed by atoms with E-state index in [4.69, 9.17) is 0 Å². The van der Waals surface area contributed by atoms with Crippen molar-refractivity contribution in [2.75, 3.05) is 19.3 Å². The summed E-state index contributed by atoms with van der Waals surface area (Å²) in [6.07, 6.45) is 4.83. The maximum absolute atomic E-state index is 11.0. The maximum Gasteiger partial charge on any atom is 0.216 e. The third-order valence-electron chi connectivity index (χ3n) is 1.47. The lowest BCUT2D eigenvalue weighted by Crippen LogP contribution is -2.24. The molecule has 1 rings (SSSR count). The molecule has 0 aromatic carbocycles. The number of thioether (sulfide) groups is 1. The van der Waals surface area contributed by atoms with Gasteiger partial charge in [-0.15, -0.1) is 0 Å². The number of hydrogen-bond acceptors (Lipinski definition) is 3. The number of rotatable bonds is 1. The minimum atomic E-state index is 0.201. The third-order valence-corrected chi connectivity index (χ3v) is 2.11. The Morgan fingerprint density at radius 3 is 3.10 bits per heavy atom. The monoisotopic (exact) mass is 157 g/mol. The summed E-state index contributed by atoms with van der Waals surface area (Å²) in [6, 6.07) is 0. The van der Waals surface area contributed by atoms with Crippen molar-refractivity contribution in [1.29, 1.82) is 0 Å². The van der Waals surface area contributed by atoms with Crippen LogP contribution in [0.4, 0.5) is 0 Å². The van der Waals surface area contributed by atoms with Crippen LogP contribution in [0.2, 0.25) is 0 Å². The van der Waals surface area contributed by atoms with Crippen molar-refractivity contribution in [3.05, 3.63) is 11.6 Å². The van der Waals surface area contributed by atoms with Crippen LogP contribution in [-0.2, 0) is 4.79 Å². The first-order valence-electron chi connectivity index (χ1n) is 3.32. The van der Waals surface area contributed by atoms with Gasteiger partial charge in [-0.05, 0) is 19.2 Å². The van der Waals surface area contributed by atoms with Gasteiger partial charge in [0, 0.05) is 12.1 Å². The highest BCUT2D eigenvalue weighted by Gasteiger charge is 2.09. The van der Waals surface area contributed by atoms with Gasteiger partial charge in [-0.2, -0.15) is 0 Å². The molecule has 1 aliphatic heterocycles. The van der Waals surface area contributed by atoms with Gasteiger partial charge in [-0.1, -0.05) is 17.8 Å². The van der Waals surface area contributed by atoms with Gasteiger partial charge in [0.05, 0.1) is 0 Å². The van der Waals surface area contributed by atoms with Crippen LogP contribution in [-0.4, -0.2) is 24.5 Å². The van der Waals surface area contributed by atoms with Crippen LogP contribution in [0, 0.1) is 0 Å². The summed E-state index contributed by atoms with van der Waals surface area (Å²) in [5.41, 5.74) is 0.929. The van der Waals surface area contributed by atoms with Gasteiger partial charge in [-0.3, -0.25) is 4.79 Å². The normalized spacial score (nSPS) is 18.3. The van der Waals surface area contributed by atoms with E-state index < -0.39 is 0 Å². The molecule has 0 radical (unpaired) electrons. The third kappa shape index (κ3) is 1.85. The van der Waals surface area contributed by atoms with E-state index in [1.807, 2.05) is 12.3 Å². The molecule has 0 aliphatic carbocycles. The summed E-state index contributed by atoms with van der Waals surface area (Å²) in [5.74, 6) is 0. The predicted molar refractivity (Wildman–Crippen MR) is 44.1 cm³/mol. The van der Waals surface area contributed by atoms with Gasteiger partial charge in [0.15, 0.2) is 0 Å². The van der Waals surface area contributed by atoms with Crippen LogP contribution < -0.4 is 5.32 Å². The van der Waals surface area contributed by atoms with E-state index in [1.165, 1.54) is 11.8 Å². The zero-order valence-electron chi connectivity index (χ0n) is 6.02. The van der Waals surface area contributed by atoms with E-state index in [1.54, 1.807) is 0 Å². The molecule has 0 amide bonds. The Bertz CT molecular complexity index is 165. The summed E-state index contributed by atoms with van der Waals surface area (Å²) in [6.45, 7) is 1.75. The average Bonchev–Trinajstić information content (AvgIpc) is 2.05. The first kappa shape index (κ1) is 7.82. The van der Waals surface area contributed by atoms with E-state index in [2.05, 4.69) is 5.32 Å². The Hall–Kier alpha value is -0.280. The molecule has 1 aliphatic rings. The highest BCUT2D eigenvalue weighted by molar-refractivity contribution is 8.13. The van der Waals surface area contributed by atoms with E-state index in [0.29, 0.717) is 0 Å². The lowest BCUT2D eigenvalue weighted by molar-refractivity contribution is -0.108. The fraction of sp³-hybridized carbons (Fsp3) is 0.571. The molecule has 0 saturated carbocycles. The molecule has 2 nitrogen and oxygen atoms in total. The second-order valence-corrected chi connectivity index (χ2v) is 2.97. The van der Waals surface area contributed by atoms with Gasteiger partial charge in [0.2, 0.25) is 5.12 Å². The molecule has 56 valence electrons. The maximum atomic E-state index is 11.0. The van der Waals surface area contributed by atoms with Gasteiger partial charge >= 0.3 is 0 Å². The number of carbonyl (C=O) groups excluding carboxylic acids is 1. The Labute approximate surface area is 65.1 Å². The fourth-order valence-corrected chi connectivity index (χ4v) is 1.35. The van der Waals surface area contributed by atoms with Crippen molar-refractivity contribution in [3.63, 3.8) is 0 Å². The molecule has 0 atom stereocenters. The van der Waals surface area contributed by atoms with Crippen LogP contribution in [0.15, 0.2) is 11.6 Å². The number of nitrogens with one attached hydrogen (secondary N) is 1. The zero-order chi connectivity index (χ0) is 7.40. The first-order chi connectivity index (χ1) is 4.84. The molecule has 0 unspecified atom stereocenters. The van der Waals surface area contributed by atoms with Gasteiger partial charge in [0.1, 0.15) is 0 Å². The lowest BCUT2D eigenvalue weighted by atomic mass is 10.2. The van der Waals surface area contributed by atoms with Crippen molar-refractivity contribution in [3.8, 4) is 0 Å². The van der Waals surface area contributed by atoms with Crippen LogP contribution in [0.1, 0.15) is 6.42 Å². The lowest BCUT2D eigenvalue weighted by Gasteiger charge is -2.11. The molecule has 0 aromatic heterocycles. The van der Waals surface area contributed by atoms with Crippen molar-refractivity contribution < 1.29 is 4.79 Å². The summed E-state index contributed by atoms with van der Waals surface area (Å²) in [4.78, 5) is 11.0. The average molecular weight is 157 g/mol. The zero-order valence-corrected chi connectivity index (χ0v) is 6.83. The first-order valence-corrected chi connectivity index (χ1v) is 4.55. The molecule has 3 heteroatoms. The summed E-state index contributed by atoms with van der Waals surface area (Å²) >= 11 is 1.28. The minimum absolute atomic E-state index is 0.201. The van der Waals surface area contributed by atoms with E-state index >= 15 is 0 Å². The predicted octanol–water partition coefficient (Wildman–Crippen LogP) is 0.796. The Kier molecular flexibility index (Phi) is 2.96. The number of hydrogen-bond donors (Lipinski definition) is 1. The Morgan fingerprint density at radius 2 is 2.60 bits per heavy atom. The molecular formula is C7H11NOS. The van der Waals surface area contributed by atoms with Crippen LogP contribution in [0.25, 0.3) is 0 Å². The van der Waals surface area contributed by atoms with Gasteiger partial charge in [0.25, 0.3) is 0 Å². The Morgan fingerprint density at radius 1 is 1.80 bits per heavy atom. The van der Waals surface area contributed by atoms with Crippen molar-refractivity contribution in [2.45, 2.75) is 6.42 Å². The molecule has 10 heavy (non-hydrogen) atoms. The molecular weight excluding hydrogens is 146 g/mol. The van der Waals surface area contributed by atoms with Crippen LogP contribution >= 0.6 is 11.8 Å². The van der Waals surface area contributed by atoms with Crippen LogP contribution in [0.3, 0.4) is 0 Å². The fourth-order valence-electron chi connectivity index (χ4n) is 0.930. The SMILES string of the molecule is CSC(=O)C1=CCCNC1.